The van der Waals surface area contributed by atoms with Gasteiger partial charge in [0.1, 0.15) is 4.90 Å². The van der Waals surface area contributed by atoms with Crippen LogP contribution in [0, 0.1) is 0 Å². The molecule has 0 bridgehead atoms. The summed E-state index contributed by atoms with van der Waals surface area (Å²) in [5.74, 6) is -0.211. The van der Waals surface area contributed by atoms with Crippen LogP contribution in [-0.2, 0) is 14.8 Å². The second kappa shape index (κ2) is 4.87. The second-order valence-electron chi connectivity index (χ2n) is 4.08. The summed E-state index contributed by atoms with van der Waals surface area (Å²) < 4.78 is 25.8. The normalized spacial score (nSPS) is 18.1. The van der Waals surface area contributed by atoms with Crippen molar-refractivity contribution in [2.45, 2.75) is 4.90 Å². The minimum absolute atomic E-state index is 0.0454. The third-order valence-corrected chi connectivity index (χ3v) is 5.22. The van der Waals surface area contributed by atoms with E-state index in [1.54, 1.807) is 19.2 Å². The molecular weight excluding hydrogens is 276 g/mol. The maximum Gasteiger partial charge on any atom is 0.245 e. The van der Waals surface area contributed by atoms with E-state index in [0.717, 1.165) is 4.31 Å². The second-order valence-corrected chi connectivity index (χ2v) is 6.40. The van der Waals surface area contributed by atoms with Crippen LogP contribution in [-0.4, -0.2) is 50.2 Å². The van der Waals surface area contributed by atoms with Gasteiger partial charge in [-0.3, -0.25) is 4.79 Å². The minimum atomic E-state index is -3.70. The van der Waals surface area contributed by atoms with Gasteiger partial charge in [-0.2, -0.15) is 4.31 Å². The number of likely N-dealkylation sites (N-methyl/N-ethyl adjacent to an activating group) is 1. The Labute approximate surface area is 111 Å². The molecule has 0 radical (unpaired) electrons. The van der Waals surface area contributed by atoms with Gasteiger partial charge in [-0.1, -0.05) is 23.7 Å². The number of piperazine rings is 1. The molecule has 0 N–H and O–H groups in total. The van der Waals surface area contributed by atoms with Crippen molar-refractivity contribution in [3.63, 3.8) is 0 Å². The Morgan fingerprint density at radius 2 is 1.89 bits per heavy atom. The van der Waals surface area contributed by atoms with Crippen LogP contribution < -0.4 is 0 Å². The number of rotatable bonds is 2. The minimum Gasteiger partial charge on any atom is -0.343 e. The topological polar surface area (TPSA) is 57.7 Å². The number of sulfonamides is 1. The van der Waals surface area contributed by atoms with Gasteiger partial charge < -0.3 is 4.90 Å². The molecule has 0 saturated carbocycles. The number of nitrogens with zero attached hydrogens (tertiary/aromatic N) is 2. The number of hydrogen-bond donors (Lipinski definition) is 0. The first-order valence-electron chi connectivity index (χ1n) is 5.41. The van der Waals surface area contributed by atoms with Crippen molar-refractivity contribution < 1.29 is 13.2 Å². The molecule has 18 heavy (non-hydrogen) atoms. The summed E-state index contributed by atoms with van der Waals surface area (Å²) in [6.45, 7) is 0.544. The lowest BCUT2D eigenvalue weighted by Crippen LogP contribution is -2.50. The van der Waals surface area contributed by atoms with Crippen molar-refractivity contribution in [3.05, 3.63) is 29.3 Å². The van der Waals surface area contributed by atoms with Gasteiger partial charge in [0.25, 0.3) is 0 Å². The number of halogens is 1. The summed E-state index contributed by atoms with van der Waals surface area (Å²) in [4.78, 5) is 13.1. The molecule has 0 unspecified atom stereocenters. The van der Waals surface area contributed by atoms with Crippen molar-refractivity contribution in [2.75, 3.05) is 26.7 Å². The third kappa shape index (κ3) is 2.36. The van der Waals surface area contributed by atoms with E-state index >= 15 is 0 Å². The Balaban J connectivity index is 2.33. The zero-order valence-electron chi connectivity index (χ0n) is 9.84. The van der Waals surface area contributed by atoms with Gasteiger partial charge in [0.15, 0.2) is 0 Å². The summed E-state index contributed by atoms with van der Waals surface area (Å²) in [7, 11) is -2.04. The predicted octanol–water partition coefficient (Wildman–Crippen LogP) is 0.803. The van der Waals surface area contributed by atoms with Gasteiger partial charge >= 0.3 is 0 Å². The predicted molar refractivity (Wildman–Crippen MR) is 67.8 cm³/mol. The van der Waals surface area contributed by atoms with Crippen LogP contribution in [0.5, 0.6) is 0 Å². The first-order chi connectivity index (χ1) is 8.43. The molecule has 1 aliphatic rings. The monoisotopic (exact) mass is 288 g/mol. The van der Waals surface area contributed by atoms with Gasteiger partial charge in [0.2, 0.25) is 15.9 Å². The summed E-state index contributed by atoms with van der Waals surface area (Å²) in [5.41, 5.74) is 0. The molecule has 0 aliphatic carbocycles. The van der Waals surface area contributed by atoms with E-state index in [0.29, 0.717) is 6.54 Å². The van der Waals surface area contributed by atoms with E-state index in [-0.39, 0.29) is 28.9 Å². The lowest BCUT2D eigenvalue weighted by Gasteiger charge is -2.31. The fraction of sp³-hybridized carbons (Fsp3) is 0.364. The van der Waals surface area contributed by atoms with Gasteiger partial charge in [0, 0.05) is 20.1 Å². The molecular formula is C11H13ClN2O3S. The smallest absolute Gasteiger partial charge is 0.245 e. The van der Waals surface area contributed by atoms with E-state index in [1.807, 2.05) is 0 Å². The largest absolute Gasteiger partial charge is 0.343 e. The van der Waals surface area contributed by atoms with Crippen LogP contribution in [0.2, 0.25) is 5.02 Å². The van der Waals surface area contributed by atoms with Crippen LogP contribution in [0.3, 0.4) is 0 Å². The highest BCUT2D eigenvalue weighted by Crippen LogP contribution is 2.24. The molecule has 5 nitrogen and oxygen atoms in total. The third-order valence-electron chi connectivity index (χ3n) is 2.88. The molecule has 1 aromatic rings. The highest BCUT2D eigenvalue weighted by molar-refractivity contribution is 7.89. The molecule has 1 saturated heterocycles. The van der Waals surface area contributed by atoms with Crippen molar-refractivity contribution >= 4 is 27.5 Å². The maximum absolute atomic E-state index is 12.3. The number of hydrogen-bond acceptors (Lipinski definition) is 3. The SMILES string of the molecule is CN1CCN(S(=O)(=O)c2ccccc2Cl)CC1=O. The summed E-state index contributed by atoms with van der Waals surface area (Å²) in [5, 5.41) is 0.170. The Morgan fingerprint density at radius 1 is 1.22 bits per heavy atom. The molecule has 1 aliphatic heterocycles. The highest BCUT2D eigenvalue weighted by atomic mass is 35.5. The standard InChI is InChI=1S/C11H13ClN2O3S/c1-13-6-7-14(8-11(13)15)18(16,17)10-5-3-2-4-9(10)12/h2-5H,6-8H2,1H3. The summed E-state index contributed by atoms with van der Waals surface area (Å²) in [6.07, 6.45) is 0. The van der Waals surface area contributed by atoms with Gasteiger partial charge in [-0.15, -0.1) is 0 Å². The first kappa shape index (κ1) is 13.3. The van der Waals surface area contributed by atoms with Crippen LogP contribution in [0.1, 0.15) is 0 Å². The first-order valence-corrected chi connectivity index (χ1v) is 7.23. The van der Waals surface area contributed by atoms with Crippen LogP contribution in [0.25, 0.3) is 0 Å². The fourth-order valence-electron chi connectivity index (χ4n) is 1.74. The van der Waals surface area contributed by atoms with Crippen molar-refractivity contribution in [1.82, 2.24) is 9.21 Å². The van der Waals surface area contributed by atoms with Crippen LogP contribution in [0.15, 0.2) is 29.2 Å². The van der Waals surface area contributed by atoms with Gasteiger partial charge in [-0.05, 0) is 12.1 Å². The lowest BCUT2D eigenvalue weighted by atomic mass is 10.4. The van der Waals surface area contributed by atoms with Crippen molar-refractivity contribution in [3.8, 4) is 0 Å². The van der Waals surface area contributed by atoms with E-state index in [1.165, 1.54) is 17.0 Å². The molecule has 0 aromatic heterocycles. The molecule has 1 heterocycles. The Hall–Kier alpha value is -1.11. The number of carbonyl (C=O) groups excluding carboxylic acids is 1. The molecule has 1 fully saturated rings. The molecule has 98 valence electrons. The van der Waals surface area contributed by atoms with Crippen molar-refractivity contribution in [1.29, 1.82) is 0 Å². The van der Waals surface area contributed by atoms with E-state index in [2.05, 4.69) is 0 Å². The van der Waals surface area contributed by atoms with Crippen LogP contribution in [0.4, 0.5) is 0 Å². The van der Waals surface area contributed by atoms with Crippen LogP contribution >= 0.6 is 11.6 Å². The number of benzene rings is 1. The maximum atomic E-state index is 12.3. The summed E-state index contributed by atoms with van der Waals surface area (Å²) >= 11 is 5.89. The molecule has 1 aromatic carbocycles. The molecule has 2 rings (SSSR count). The lowest BCUT2D eigenvalue weighted by molar-refractivity contribution is -0.132. The van der Waals surface area contributed by atoms with Gasteiger partial charge in [-0.25, -0.2) is 8.42 Å². The summed E-state index contributed by atoms with van der Waals surface area (Å²) in [6, 6.07) is 6.24. The number of carbonyl (C=O) groups is 1. The number of amides is 1. The Morgan fingerprint density at radius 3 is 2.50 bits per heavy atom. The van der Waals surface area contributed by atoms with Gasteiger partial charge in [0.05, 0.1) is 11.6 Å². The average Bonchev–Trinajstić information content (AvgIpc) is 2.33. The Kier molecular flexibility index (Phi) is 3.61. The zero-order valence-corrected chi connectivity index (χ0v) is 11.4. The van der Waals surface area contributed by atoms with E-state index in [9.17, 15) is 13.2 Å². The quantitative estimate of drug-likeness (QED) is 0.809. The molecule has 1 amide bonds. The average molecular weight is 289 g/mol. The van der Waals surface area contributed by atoms with E-state index < -0.39 is 10.0 Å². The zero-order chi connectivity index (χ0) is 13.3. The Bertz CT molecular complexity index is 573. The van der Waals surface area contributed by atoms with E-state index in [4.69, 9.17) is 11.6 Å². The highest BCUT2D eigenvalue weighted by Gasteiger charge is 2.32. The molecule has 7 heteroatoms. The molecule has 0 spiro atoms. The molecule has 0 atom stereocenters. The fourth-order valence-corrected chi connectivity index (χ4v) is 3.61. The van der Waals surface area contributed by atoms with Crippen molar-refractivity contribution in [2.24, 2.45) is 0 Å².